The van der Waals surface area contributed by atoms with Gasteiger partial charge in [0.05, 0.1) is 12.3 Å². The molecule has 3 aromatic rings. The zero-order valence-electron chi connectivity index (χ0n) is 15.2. The van der Waals surface area contributed by atoms with Gasteiger partial charge in [-0.1, -0.05) is 63.0 Å². The SMILES string of the molecule is Cc1cccc(CSCC(=O)N(C)Cc2nc(-c3cccc(Br)c3)no2)c1. The summed E-state index contributed by atoms with van der Waals surface area (Å²) in [7, 11) is 1.75. The van der Waals surface area contributed by atoms with E-state index in [1.807, 2.05) is 30.3 Å². The molecule has 0 saturated carbocycles. The van der Waals surface area contributed by atoms with Gasteiger partial charge >= 0.3 is 0 Å². The first-order valence-electron chi connectivity index (χ1n) is 8.47. The van der Waals surface area contributed by atoms with Crippen LogP contribution >= 0.6 is 27.7 Å². The monoisotopic (exact) mass is 445 g/mol. The van der Waals surface area contributed by atoms with Crippen molar-refractivity contribution in [2.75, 3.05) is 12.8 Å². The molecule has 0 aliphatic rings. The number of halogens is 1. The van der Waals surface area contributed by atoms with E-state index in [-0.39, 0.29) is 5.91 Å². The van der Waals surface area contributed by atoms with Crippen LogP contribution in [0, 0.1) is 6.92 Å². The van der Waals surface area contributed by atoms with Crippen molar-refractivity contribution < 1.29 is 9.32 Å². The van der Waals surface area contributed by atoms with Crippen molar-refractivity contribution >= 4 is 33.6 Å². The molecular weight excluding hydrogens is 426 g/mol. The lowest BCUT2D eigenvalue weighted by Gasteiger charge is -2.14. The molecule has 7 heteroatoms. The first-order chi connectivity index (χ1) is 13.0. The molecular formula is C20H20BrN3O2S. The molecule has 0 atom stereocenters. The third-order valence-electron chi connectivity index (χ3n) is 3.93. The number of carbonyl (C=O) groups is 1. The molecule has 0 aliphatic carbocycles. The number of aryl methyl sites for hydroxylation is 1. The molecule has 0 spiro atoms. The van der Waals surface area contributed by atoms with Crippen LogP contribution in [0.4, 0.5) is 0 Å². The van der Waals surface area contributed by atoms with Crippen molar-refractivity contribution in [1.29, 1.82) is 0 Å². The number of aromatic nitrogens is 2. The number of carbonyl (C=O) groups excluding carboxylic acids is 1. The molecule has 0 bridgehead atoms. The van der Waals surface area contributed by atoms with Crippen LogP contribution in [-0.4, -0.2) is 33.7 Å². The molecule has 0 unspecified atom stereocenters. The Bertz CT molecular complexity index is 929. The number of thioether (sulfide) groups is 1. The Morgan fingerprint density at radius 1 is 1.22 bits per heavy atom. The third-order valence-corrected chi connectivity index (χ3v) is 5.41. The Balaban J connectivity index is 1.51. The maximum Gasteiger partial charge on any atom is 0.246 e. The molecule has 27 heavy (non-hydrogen) atoms. The first kappa shape index (κ1) is 19.6. The highest BCUT2D eigenvalue weighted by Crippen LogP contribution is 2.21. The van der Waals surface area contributed by atoms with E-state index in [9.17, 15) is 4.79 Å². The van der Waals surface area contributed by atoms with Crippen molar-refractivity contribution in [2.45, 2.75) is 19.2 Å². The fraction of sp³-hybridized carbons (Fsp3) is 0.250. The van der Waals surface area contributed by atoms with Crippen LogP contribution in [0.2, 0.25) is 0 Å². The van der Waals surface area contributed by atoms with E-state index in [1.165, 1.54) is 11.1 Å². The number of nitrogens with zero attached hydrogens (tertiary/aromatic N) is 3. The van der Waals surface area contributed by atoms with Gasteiger partial charge in [-0.05, 0) is 24.6 Å². The zero-order valence-corrected chi connectivity index (χ0v) is 17.6. The van der Waals surface area contributed by atoms with Gasteiger partial charge in [0.1, 0.15) is 0 Å². The van der Waals surface area contributed by atoms with Crippen molar-refractivity contribution in [3.8, 4) is 11.4 Å². The van der Waals surface area contributed by atoms with E-state index in [4.69, 9.17) is 4.52 Å². The predicted octanol–water partition coefficient (Wildman–Crippen LogP) is 4.70. The molecule has 0 radical (unpaired) electrons. The van der Waals surface area contributed by atoms with Crippen LogP contribution in [-0.2, 0) is 17.1 Å². The minimum absolute atomic E-state index is 0.0369. The molecule has 0 saturated heterocycles. The zero-order chi connectivity index (χ0) is 19.2. The summed E-state index contributed by atoms with van der Waals surface area (Å²) in [5.74, 6) is 2.20. The standard InChI is InChI=1S/C20H20BrN3O2S/c1-14-5-3-6-15(9-14)12-27-13-19(25)24(2)11-18-22-20(23-26-18)16-7-4-8-17(21)10-16/h3-10H,11-13H2,1-2H3. The van der Waals surface area contributed by atoms with Gasteiger partial charge in [-0.2, -0.15) is 4.98 Å². The highest BCUT2D eigenvalue weighted by atomic mass is 79.9. The smallest absolute Gasteiger partial charge is 0.246 e. The molecule has 3 rings (SSSR count). The van der Waals surface area contributed by atoms with Gasteiger partial charge in [0.15, 0.2) is 0 Å². The van der Waals surface area contributed by atoms with E-state index >= 15 is 0 Å². The Labute approximate surface area is 171 Å². The number of benzene rings is 2. The highest BCUT2D eigenvalue weighted by Gasteiger charge is 2.15. The maximum absolute atomic E-state index is 12.3. The molecule has 0 N–H and O–H groups in total. The molecule has 1 aromatic heterocycles. The van der Waals surface area contributed by atoms with Gasteiger partial charge in [0.25, 0.3) is 0 Å². The first-order valence-corrected chi connectivity index (χ1v) is 10.4. The number of hydrogen-bond acceptors (Lipinski definition) is 5. The number of rotatable bonds is 7. The van der Waals surface area contributed by atoms with Gasteiger partial charge in [0, 0.05) is 22.8 Å². The van der Waals surface area contributed by atoms with E-state index in [0.717, 1.165) is 15.8 Å². The van der Waals surface area contributed by atoms with Crippen molar-refractivity contribution in [3.05, 3.63) is 70.0 Å². The van der Waals surface area contributed by atoms with Gasteiger partial charge in [-0.25, -0.2) is 0 Å². The van der Waals surface area contributed by atoms with Crippen molar-refractivity contribution in [2.24, 2.45) is 0 Å². The van der Waals surface area contributed by atoms with Crippen LogP contribution in [0.1, 0.15) is 17.0 Å². The minimum atomic E-state index is 0.0369. The maximum atomic E-state index is 12.3. The quantitative estimate of drug-likeness (QED) is 0.527. The number of amides is 1. The molecule has 0 aliphatic heterocycles. The number of hydrogen-bond donors (Lipinski definition) is 0. The van der Waals surface area contributed by atoms with E-state index in [0.29, 0.717) is 24.0 Å². The summed E-state index contributed by atoms with van der Waals surface area (Å²) in [5.41, 5.74) is 3.32. The van der Waals surface area contributed by atoms with E-state index in [2.05, 4.69) is 51.2 Å². The topological polar surface area (TPSA) is 59.2 Å². The summed E-state index contributed by atoms with van der Waals surface area (Å²) in [6.07, 6.45) is 0. The summed E-state index contributed by atoms with van der Waals surface area (Å²) in [6, 6.07) is 16.0. The van der Waals surface area contributed by atoms with Gasteiger partial charge < -0.3 is 9.42 Å². The Kier molecular flexibility index (Phi) is 6.68. The average Bonchev–Trinajstić information content (AvgIpc) is 3.10. The predicted molar refractivity (Wildman–Crippen MR) is 111 cm³/mol. The van der Waals surface area contributed by atoms with Crippen LogP contribution in [0.5, 0.6) is 0 Å². The van der Waals surface area contributed by atoms with Gasteiger partial charge in [-0.3, -0.25) is 4.79 Å². The van der Waals surface area contributed by atoms with Gasteiger partial charge in [0.2, 0.25) is 17.6 Å². The fourth-order valence-corrected chi connectivity index (χ4v) is 3.83. The Morgan fingerprint density at radius 2 is 2.04 bits per heavy atom. The second-order valence-corrected chi connectivity index (χ2v) is 8.15. The van der Waals surface area contributed by atoms with E-state index in [1.54, 1.807) is 23.7 Å². The minimum Gasteiger partial charge on any atom is -0.337 e. The lowest BCUT2D eigenvalue weighted by atomic mass is 10.2. The second-order valence-electron chi connectivity index (χ2n) is 6.25. The largest absolute Gasteiger partial charge is 0.337 e. The van der Waals surface area contributed by atoms with Crippen LogP contribution in [0.25, 0.3) is 11.4 Å². The normalized spacial score (nSPS) is 10.8. The Hall–Kier alpha value is -2.12. The van der Waals surface area contributed by atoms with E-state index < -0.39 is 0 Å². The van der Waals surface area contributed by atoms with Crippen LogP contribution in [0.3, 0.4) is 0 Å². The summed E-state index contributed by atoms with van der Waals surface area (Å²) < 4.78 is 6.24. The summed E-state index contributed by atoms with van der Waals surface area (Å²) in [4.78, 5) is 18.3. The molecule has 1 heterocycles. The van der Waals surface area contributed by atoms with Crippen LogP contribution in [0.15, 0.2) is 57.5 Å². The summed E-state index contributed by atoms with van der Waals surface area (Å²) >= 11 is 5.03. The summed E-state index contributed by atoms with van der Waals surface area (Å²) in [5, 5.41) is 4.00. The lowest BCUT2D eigenvalue weighted by Crippen LogP contribution is -2.28. The second kappa shape index (κ2) is 9.19. The average molecular weight is 446 g/mol. The molecule has 140 valence electrons. The molecule has 1 amide bonds. The molecule has 2 aromatic carbocycles. The molecule has 5 nitrogen and oxygen atoms in total. The van der Waals surface area contributed by atoms with Crippen molar-refractivity contribution in [1.82, 2.24) is 15.0 Å². The molecule has 0 fully saturated rings. The summed E-state index contributed by atoms with van der Waals surface area (Å²) in [6.45, 7) is 2.37. The third kappa shape index (κ3) is 5.68. The highest BCUT2D eigenvalue weighted by molar-refractivity contribution is 9.10. The van der Waals surface area contributed by atoms with Gasteiger partial charge in [-0.15, -0.1) is 11.8 Å². The van der Waals surface area contributed by atoms with Crippen molar-refractivity contribution in [3.63, 3.8) is 0 Å². The lowest BCUT2D eigenvalue weighted by molar-refractivity contribution is -0.127. The Morgan fingerprint density at radius 3 is 2.81 bits per heavy atom. The van der Waals surface area contributed by atoms with Crippen LogP contribution < -0.4 is 0 Å². The fourth-order valence-electron chi connectivity index (χ4n) is 2.52.